The predicted molar refractivity (Wildman–Crippen MR) is 75.0 cm³/mol. The normalized spacial score (nSPS) is 17.2. The Labute approximate surface area is 108 Å². The van der Waals surface area contributed by atoms with Crippen LogP contribution in [0.15, 0.2) is 0 Å². The molecule has 0 aromatic carbocycles. The summed E-state index contributed by atoms with van der Waals surface area (Å²) >= 11 is 1.85. The summed E-state index contributed by atoms with van der Waals surface area (Å²) < 4.78 is 0. The van der Waals surface area contributed by atoms with Crippen LogP contribution in [0, 0.1) is 6.92 Å². The number of hydrogen-bond donors (Lipinski definition) is 1. The summed E-state index contributed by atoms with van der Waals surface area (Å²) in [7, 11) is 2.17. The molecule has 1 aromatic heterocycles. The molecule has 1 fully saturated rings. The number of rotatable bonds is 6. The van der Waals surface area contributed by atoms with Gasteiger partial charge in [-0.3, -0.25) is 0 Å². The van der Waals surface area contributed by atoms with Gasteiger partial charge in [0.1, 0.15) is 0 Å². The van der Waals surface area contributed by atoms with Crippen LogP contribution in [-0.4, -0.2) is 24.6 Å². The maximum Gasteiger partial charge on any atom is 0.185 e. The van der Waals surface area contributed by atoms with E-state index in [1.165, 1.54) is 35.0 Å². The van der Waals surface area contributed by atoms with Gasteiger partial charge in [0.15, 0.2) is 5.13 Å². The minimum Gasteiger partial charge on any atom is -0.348 e. The smallest absolute Gasteiger partial charge is 0.185 e. The number of nitrogens with one attached hydrogen (secondary N) is 1. The zero-order valence-corrected chi connectivity index (χ0v) is 12.1. The number of aryl methyl sites for hydroxylation is 1. The highest BCUT2D eigenvalue weighted by molar-refractivity contribution is 7.15. The van der Waals surface area contributed by atoms with Gasteiger partial charge >= 0.3 is 0 Å². The molecule has 1 N–H and O–H groups in total. The fourth-order valence-corrected chi connectivity index (χ4v) is 3.14. The van der Waals surface area contributed by atoms with Crippen LogP contribution in [-0.2, 0) is 0 Å². The maximum atomic E-state index is 4.71. The molecule has 0 spiro atoms. The molecule has 4 heteroatoms. The Morgan fingerprint density at radius 1 is 1.53 bits per heavy atom. The zero-order valence-electron chi connectivity index (χ0n) is 11.3. The second-order valence-electron chi connectivity index (χ2n) is 4.96. The number of thiazole rings is 1. The summed E-state index contributed by atoms with van der Waals surface area (Å²) in [5, 5.41) is 4.72. The van der Waals surface area contributed by atoms with E-state index in [2.05, 4.69) is 38.0 Å². The largest absolute Gasteiger partial charge is 0.348 e. The van der Waals surface area contributed by atoms with E-state index < -0.39 is 0 Å². The Kier molecular flexibility index (Phi) is 4.05. The summed E-state index contributed by atoms with van der Waals surface area (Å²) in [4.78, 5) is 8.44. The average molecular weight is 253 g/mol. The highest BCUT2D eigenvalue weighted by Crippen LogP contribution is 2.35. The molecule has 17 heavy (non-hydrogen) atoms. The van der Waals surface area contributed by atoms with Gasteiger partial charge in [-0.25, -0.2) is 4.98 Å². The van der Waals surface area contributed by atoms with Crippen molar-refractivity contribution in [3.05, 3.63) is 10.6 Å². The fourth-order valence-electron chi connectivity index (χ4n) is 2.02. The molecule has 0 aliphatic heterocycles. The maximum absolute atomic E-state index is 4.71. The number of anilines is 1. The van der Waals surface area contributed by atoms with Gasteiger partial charge in [-0.05, 0) is 39.7 Å². The van der Waals surface area contributed by atoms with Crippen molar-refractivity contribution in [3.8, 4) is 0 Å². The summed E-state index contributed by atoms with van der Waals surface area (Å²) in [6.07, 6.45) is 3.83. The molecule has 0 radical (unpaired) electrons. The zero-order chi connectivity index (χ0) is 12.4. The summed E-state index contributed by atoms with van der Waals surface area (Å²) in [6.45, 7) is 7.63. The quantitative estimate of drug-likeness (QED) is 0.844. The molecule has 3 nitrogen and oxygen atoms in total. The number of hydrogen-bond acceptors (Lipinski definition) is 4. The molecule has 0 saturated heterocycles. The summed E-state index contributed by atoms with van der Waals surface area (Å²) in [6, 6.07) is 1.17. The monoisotopic (exact) mass is 253 g/mol. The Hall–Kier alpha value is -0.610. The predicted octanol–water partition coefficient (Wildman–Crippen LogP) is 3.11. The van der Waals surface area contributed by atoms with Crippen molar-refractivity contribution >= 4 is 16.5 Å². The molecule has 96 valence electrons. The fraction of sp³-hybridized carbons (Fsp3) is 0.769. The van der Waals surface area contributed by atoms with Crippen LogP contribution < -0.4 is 10.2 Å². The van der Waals surface area contributed by atoms with E-state index in [1.54, 1.807) is 0 Å². The molecule has 0 bridgehead atoms. The minimum atomic E-state index is 0.425. The van der Waals surface area contributed by atoms with Crippen molar-refractivity contribution in [2.45, 2.75) is 52.1 Å². The highest BCUT2D eigenvalue weighted by atomic mass is 32.1. The molecule has 1 aliphatic rings. The van der Waals surface area contributed by atoms with Gasteiger partial charge in [0.2, 0.25) is 0 Å². The molecule has 1 heterocycles. The lowest BCUT2D eigenvalue weighted by Crippen LogP contribution is -2.19. The van der Waals surface area contributed by atoms with E-state index >= 15 is 0 Å². The third-order valence-corrected chi connectivity index (χ3v) is 4.74. The first-order valence-corrected chi connectivity index (χ1v) is 7.38. The SMILES string of the molecule is CCCNC(C)c1sc(N(C)C2CC2)nc1C. The molecular formula is C13H23N3S. The Bertz CT molecular complexity index is 371. The van der Waals surface area contributed by atoms with Gasteiger partial charge in [0.25, 0.3) is 0 Å². The Morgan fingerprint density at radius 3 is 2.82 bits per heavy atom. The third-order valence-electron chi connectivity index (χ3n) is 3.31. The van der Waals surface area contributed by atoms with E-state index in [0.717, 1.165) is 12.6 Å². The molecule has 1 atom stereocenters. The standard InChI is InChI=1S/C13H23N3S/c1-5-8-14-9(2)12-10(3)15-13(17-12)16(4)11-6-7-11/h9,11,14H,5-8H2,1-4H3. The van der Waals surface area contributed by atoms with E-state index in [9.17, 15) is 0 Å². The van der Waals surface area contributed by atoms with E-state index in [4.69, 9.17) is 4.98 Å². The van der Waals surface area contributed by atoms with Gasteiger partial charge in [-0.2, -0.15) is 0 Å². The molecular weight excluding hydrogens is 230 g/mol. The van der Waals surface area contributed by atoms with Crippen molar-refractivity contribution in [2.24, 2.45) is 0 Å². The van der Waals surface area contributed by atoms with Gasteiger partial charge in [0, 0.05) is 24.0 Å². The van der Waals surface area contributed by atoms with Crippen LogP contribution in [0.2, 0.25) is 0 Å². The first-order chi connectivity index (χ1) is 8.13. The first kappa shape index (κ1) is 12.8. The summed E-state index contributed by atoms with van der Waals surface area (Å²) in [5.74, 6) is 0. The average Bonchev–Trinajstić information content (AvgIpc) is 3.08. The van der Waals surface area contributed by atoms with Gasteiger partial charge in [-0.1, -0.05) is 6.92 Å². The number of nitrogens with zero attached hydrogens (tertiary/aromatic N) is 2. The van der Waals surface area contributed by atoms with Crippen molar-refractivity contribution in [1.29, 1.82) is 0 Å². The second-order valence-corrected chi connectivity index (χ2v) is 5.97. The Balaban J connectivity index is 2.06. The molecule has 1 unspecified atom stereocenters. The lowest BCUT2D eigenvalue weighted by Gasteiger charge is -2.14. The van der Waals surface area contributed by atoms with Gasteiger partial charge in [0.05, 0.1) is 5.69 Å². The van der Waals surface area contributed by atoms with Crippen molar-refractivity contribution in [3.63, 3.8) is 0 Å². The van der Waals surface area contributed by atoms with E-state index in [0.29, 0.717) is 6.04 Å². The Morgan fingerprint density at radius 2 is 2.24 bits per heavy atom. The van der Waals surface area contributed by atoms with Crippen molar-refractivity contribution < 1.29 is 0 Å². The van der Waals surface area contributed by atoms with Crippen molar-refractivity contribution in [2.75, 3.05) is 18.5 Å². The van der Waals surface area contributed by atoms with Crippen molar-refractivity contribution in [1.82, 2.24) is 10.3 Å². The van der Waals surface area contributed by atoms with Crippen LogP contribution in [0.4, 0.5) is 5.13 Å². The first-order valence-electron chi connectivity index (χ1n) is 6.57. The molecule has 1 aliphatic carbocycles. The third kappa shape index (κ3) is 2.99. The van der Waals surface area contributed by atoms with Crippen LogP contribution in [0.1, 0.15) is 49.7 Å². The minimum absolute atomic E-state index is 0.425. The molecule has 2 rings (SSSR count). The van der Waals surface area contributed by atoms with Gasteiger partial charge in [-0.15, -0.1) is 11.3 Å². The van der Waals surface area contributed by atoms with Crippen LogP contribution in [0.5, 0.6) is 0 Å². The topological polar surface area (TPSA) is 28.2 Å². The van der Waals surface area contributed by atoms with E-state index in [1.807, 2.05) is 11.3 Å². The lowest BCUT2D eigenvalue weighted by molar-refractivity contribution is 0.575. The highest BCUT2D eigenvalue weighted by Gasteiger charge is 2.28. The molecule has 1 saturated carbocycles. The van der Waals surface area contributed by atoms with Gasteiger partial charge < -0.3 is 10.2 Å². The summed E-state index contributed by atoms with van der Waals surface area (Å²) in [5.41, 5.74) is 1.19. The number of aromatic nitrogens is 1. The second kappa shape index (κ2) is 5.36. The van der Waals surface area contributed by atoms with Crippen LogP contribution in [0.25, 0.3) is 0 Å². The molecule has 0 amide bonds. The molecule has 1 aromatic rings. The lowest BCUT2D eigenvalue weighted by atomic mass is 10.2. The van der Waals surface area contributed by atoms with Crippen LogP contribution >= 0.6 is 11.3 Å². The van der Waals surface area contributed by atoms with E-state index in [-0.39, 0.29) is 0 Å². The van der Waals surface area contributed by atoms with Crippen LogP contribution in [0.3, 0.4) is 0 Å².